The van der Waals surface area contributed by atoms with Crippen molar-refractivity contribution in [2.45, 2.75) is 17.9 Å². The van der Waals surface area contributed by atoms with Crippen LogP contribution in [0.1, 0.15) is 5.56 Å². The van der Waals surface area contributed by atoms with Gasteiger partial charge in [-0.2, -0.15) is 9.57 Å². The highest BCUT2D eigenvalue weighted by Gasteiger charge is 2.31. The number of sulfonamides is 1. The minimum Gasteiger partial charge on any atom is -0.397 e. The van der Waals surface area contributed by atoms with E-state index in [0.717, 1.165) is 0 Å². The summed E-state index contributed by atoms with van der Waals surface area (Å²) in [6, 6.07) is 4.73. The molecule has 0 spiro atoms. The van der Waals surface area contributed by atoms with Crippen molar-refractivity contribution < 1.29 is 13.2 Å². The van der Waals surface area contributed by atoms with E-state index in [4.69, 9.17) is 27.3 Å². The lowest BCUT2D eigenvalue weighted by atomic mass is 10.2. The molecule has 2 N–H and O–H groups in total. The van der Waals surface area contributed by atoms with Crippen LogP contribution in [0.4, 0.5) is 5.69 Å². The predicted octanol–water partition coefficient (Wildman–Crippen LogP) is 1.14. The molecule has 1 aromatic carbocycles. The third kappa shape index (κ3) is 2.74. The second-order valence-corrected chi connectivity index (χ2v) is 6.81. The Morgan fingerprint density at radius 1 is 1.55 bits per heavy atom. The van der Waals surface area contributed by atoms with Crippen molar-refractivity contribution in [2.24, 2.45) is 0 Å². The molecule has 0 aromatic heterocycles. The average Bonchev–Trinajstić information content (AvgIpc) is 2.44. The summed E-state index contributed by atoms with van der Waals surface area (Å²) in [4.78, 5) is 0.0792. The van der Waals surface area contributed by atoms with E-state index < -0.39 is 16.1 Å². The zero-order valence-electron chi connectivity index (χ0n) is 10.8. The molecule has 2 rings (SSSR count). The standard InChI is InChI=1S/C12H14ClN3O3S/c1-8-4-10(5-11(15)12(8)13)20(17,18)16-2-3-19-9(6-14)7-16/h4-5,9H,2-3,7,15H2,1H3. The van der Waals surface area contributed by atoms with Crippen LogP contribution in [0.2, 0.25) is 5.02 Å². The van der Waals surface area contributed by atoms with Gasteiger partial charge in [0.2, 0.25) is 10.0 Å². The molecule has 1 unspecified atom stereocenters. The average molecular weight is 316 g/mol. The number of hydrogen-bond acceptors (Lipinski definition) is 5. The van der Waals surface area contributed by atoms with Crippen molar-refractivity contribution in [1.29, 1.82) is 5.26 Å². The minimum absolute atomic E-state index is 0.0143. The van der Waals surface area contributed by atoms with Gasteiger partial charge in [-0.3, -0.25) is 0 Å². The number of nitrogen functional groups attached to an aromatic ring is 1. The number of hydrogen-bond donors (Lipinski definition) is 1. The van der Waals surface area contributed by atoms with E-state index in [0.29, 0.717) is 10.6 Å². The molecule has 108 valence electrons. The molecule has 1 atom stereocenters. The Balaban J connectivity index is 2.38. The van der Waals surface area contributed by atoms with Gasteiger partial charge in [-0.05, 0) is 24.6 Å². The molecule has 1 saturated heterocycles. The van der Waals surface area contributed by atoms with Crippen molar-refractivity contribution in [2.75, 3.05) is 25.4 Å². The second kappa shape index (κ2) is 5.58. The van der Waals surface area contributed by atoms with Crippen molar-refractivity contribution >= 4 is 27.3 Å². The first kappa shape index (κ1) is 15.1. The van der Waals surface area contributed by atoms with Crippen molar-refractivity contribution in [3.8, 4) is 6.07 Å². The Kier molecular flexibility index (Phi) is 4.20. The van der Waals surface area contributed by atoms with Crippen LogP contribution in [0.3, 0.4) is 0 Å². The molecular formula is C12H14ClN3O3S. The third-order valence-electron chi connectivity index (χ3n) is 3.07. The van der Waals surface area contributed by atoms with Crippen LogP contribution in [0.5, 0.6) is 0 Å². The van der Waals surface area contributed by atoms with E-state index in [1.54, 1.807) is 6.92 Å². The highest BCUT2D eigenvalue weighted by atomic mass is 35.5. The maximum Gasteiger partial charge on any atom is 0.243 e. The smallest absolute Gasteiger partial charge is 0.243 e. The third-order valence-corrected chi connectivity index (χ3v) is 5.43. The van der Waals surface area contributed by atoms with Crippen molar-refractivity contribution in [1.82, 2.24) is 4.31 Å². The Labute approximate surface area is 122 Å². The van der Waals surface area contributed by atoms with Gasteiger partial charge in [-0.15, -0.1) is 0 Å². The fourth-order valence-corrected chi connectivity index (χ4v) is 3.64. The highest BCUT2D eigenvalue weighted by molar-refractivity contribution is 7.89. The number of halogens is 1. The second-order valence-electron chi connectivity index (χ2n) is 4.49. The predicted molar refractivity (Wildman–Crippen MR) is 74.7 cm³/mol. The molecule has 1 aliphatic heterocycles. The minimum atomic E-state index is -3.70. The number of anilines is 1. The van der Waals surface area contributed by atoms with Gasteiger partial charge in [-0.25, -0.2) is 8.42 Å². The first-order chi connectivity index (χ1) is 9.36. The number of nitrogens with zero attached hydrogens (tertiary/aromatic N) is 2. The number of rotatable bonds is 2. The summed E-state index contributed by atoms with van der Waals surface area (Å²) in [5.41, 5.74) is 6.52. The number of nitrogens with two attached hydrogens (primary N) is 1. The SMILES string of the molecule is Cc1cc(S(=O)(=O)N2CCOC(C#N)C2)cc(N)c1Cl. The number of morpholine rings is 1. The molecule has 1 fully saturated rings. The van der Waals surface area contributed by atoms with Crippen LogP contribution in [0, 0.1) is 18.3 Å². The van der Waals surface area contributed by atoms with Gasteiger partial charge < -0.3 is 10.5 Å². The maximum absolute atomic E-state index is 12.5. The van der Waals surface area contributed by atoms with Crippen LogP contribution >= 0.6 is 11.6 Å². The summed E-state index contributed by atoms with van der Waals surface area (Å²) in [7, 11) is -3.70. The molecule has 0 radical (unpaired) electrons. The molecule has 0 aliphatic carbocycles. The summed E-state index contributed by atoms with van der Waals surface area (Å²) < 4.78 is 31.4. The van der Waals surface area contributed by atoms with Gasteiger partial charge in [0.05, 0.1) is 34.8 Å². The van der Waals surface area contributed by atoms with Crippen LogP contribution in [0.25, 0.3) is 0 Å². The first-order valence-corrected chi connectivity index (χ1v) is 7.75. The lowest BCUT2D eigenvalue weighted by Crippen LogP contribution is -2.45. The zero-order valence-corrected chi connectivity index (χ0v) is 12.4. The number of aryl methyl sites for hydroxylation is 1. The fraction of sp³-hybridized carbons (Fsp3) is 0.417. The molecule has 1 heterocycles. The summed E-state index contributed by atoms with van der Waals surface area (Å²) in [5.74, 6) is 0. The number of nitriles is 1. The largest absolute Gasteiger partial charge is 0.397 e. The van der Waals surface area contributed by atoms with Crippen LogP contribution in [0.15, 0.2) is 17.0 Å². The summed E-state index contributed by atoms with van der Waals surface area (Å²) in [6.07, 6.45) is -0.746. The summed E-state index contributed by atoms with van der Waals surface area (Å²) >= 11 is 5.93. The lowest BCUT2D eigenvalue weighted by Gasteiger charge is -2.29. The van der Waals surface area contributed by atoms with E-state index in [-0.39, 0.29) is 30.3 Å². The lowest BCUT2D eigenvalue weighted by molar-refractivity contribution is 0.0311. The number of ether oxygens (including phenoxy) is 1. The molecule has 8 heteroatoms. The molecule has 0 bridgehead atoms. The van der Waals surface area contributed by atoms with E-state index in [1.807, 2.05) is 6.07 Å². The van der Waals surface area contributed by atoms with E-state index in [1.165, 1.54) is 16.4 Å². The Hall–Kier alpha value is -1.33. The Morgan fingerprint density at radius 2 is 2.25 bits per heavy atom. The molecule has 1 aliphatic rings. The highest BCUT2D eigenvalue weighted by Crippen LogP contribution is 2.28. The monoisotopic (exact) mass is 315 g/mol. The Morgan fingerprint density at radius 3 is 2.85 bits per heavy atom. The Bertz CT molecular complexity index is 646. The van der Waals surface area contributed by atoms with Gasteiger partial charge in [0.15, 0.2) is 6.10 Å². The van der Waals surface area contributed by atoms with Gasteiger partial charge in [0.25, 0.3) is 0 Å². The fourth-order valence-electron chi connectivity index (χ4n) is 1.98. The van der Waals surface area contributed by atoms with Crippen LogP contribution in [-0.2, 0) is 14.8 Å². The molecule has 1 aromatic rings. The molecule has 0 saturated carbocycles. The molecule has 6 nitrogen and oxygen atoms in total. The molecular weight excluding hydrogens is 302 g/mol. The summed E-state index contributed by atoms with van der Waals surface area (Å²) in [5, 5.41) is 9.18. The van der Waals surface area contributed by atoms with Crippen LogP contribution < -0.4 is 5.73 Å². The number of benzene rings is 1. The molecule has 20 heavy (non-hydrogen) atoms. The van der Waals surface area contributed by atoms with Gasteiger partial charge >= 0.3 is 0 Å². The maximum atomic E-state index is 12.5. The van der Waals surface area contributed by atoms with Gasteiger partial charge in [-0.1, -0.05) is 11.6 Å². The van der Waals surface area contributed by atoms with Crippen LogP contribution in [-0.4, -0.2) is 38.5 Å². The van der Waals surface area contributed by atoms with Gasteiger partial charge in [0, 0.05) is 6.54 Å². The van der Waals surface area contributed by atoms with Crippen molar-refractivity contribution in [3.05, 3.63) is 22.7 Å². The van der Waals surface area contributed by atoms with E-state index in [9.17, 15) is 8.42 Å². The van der Waals surface area contributed by atoms with E-state index in [2.05, 4.69) is 0 Å². The van der Waals surface area contributed by atoms with Gasteiger partial charge in [0.1, 0.15) is 0 Å². The van der Waals surface area contributed by atoms with Crippen molar-refractivity contribution in [3.63, 3.8) is 0 Å². The quantitative estimate of drug-likeness (QED) is 0.826. The normalized spacial score (nSPS) is 20.6. The topological polar surface area (TPSA) is 96.4 Å². The first-order valence-electron chi connectivity index (χ1n) is 5.93. The van der Waals surface area contributed by atoms with E-state index >= 15 is 0 Å². The zero-order chi connectivity index (χ0) is 14.9. The summed E-state index contributed by atoms with van der Waals surface area (Å²) in [6.45, 7) is 2.11. The molecule has 0 amide bonds.